The zero-order valence-electron chi connectivity index (χ0n) is 13.6. The second-order valence-corrected chi connectivity index (χ2v) is 8.05. The minimum absolute atomic E-state index is 0.00977. The van der Waals surface area contributed by atoms with Gasteiger partial charge in [0.2, 0.25) is 11.7 Å². The highest BCUT2D eigenvalue weighted by atomic mass is 35.5. The van der Waals surface area contributed by atoms with E-state index < -0.39 is 9.84 Å². The summed E-state index contributed by atoms with van der Waals surface area (Å²) in [6, 6.07) is 11.6. The first-order valence-corrected chi connectivity index (χ1v) is 9.72. The Bertz CT molecular complexity index is 1160. The summed E-state index contributed by atoms with van der Waals surface area (Å²) in [4.78, 5) is 18.9. The fourth-order valence-corrected chi connectivity index (χ4v) is 3.56. The molecule has 3 rings (SSSR count). The molecular formula is C17H13ClN4O3S. The van der Waals surface area contributed by atoms with E-state index in [9.17, 15) is 13.2 Å². The van der Waals surface area contributed by atoms with Crippen LogP contribution in [0.2, 0.25) is 5.02 Å². The van der Waals surface area contributed by atoms with Crippen molar-refractivity contribution in [2.24, 2.45) is 0 Å². The number of carbonyl (C=O) groups excluding carboxylic acids is 1. The summed E-state index contributed by atoms with van der Waals surface area (Å²) in [5, 5.41) is 12.1. The Morgan fingerprint density at radius 2 is 2.08 bits per heavy atom. The molecule has 1 amide bonds. The van der Waals surface area contributed by atoms with Gasteiger partial charge in [0.05, 0.1) is 16.8 Å². The van der Waals surface area contributed by atoms with Crippen LogP contribution in [0.4, 0.5) is 5.69 Å². The van der Waals surface area contributed by atoms with Crippen molar-refractivity contribution < 1.29 is 13.2 Å². The number of benzene rings is 2. The van der Waals surface area contributed by atoms with Crippen LogP contribution in [0.5, 0.6) is 0 Å². The molecule has 1 aromatic heterocycles. The third kappa shape index (κ3) is 3.69. The van der Waals surface area contributed by atoms with E-state index in [0.29, 0.717) is 16.1 Å². The van der Waals surface area contributed by atoms with Gasteiger partial charge in [-0.2, -0.15) is 5.26 Å². The molecule has 0 bridgehead atoms. The lowest BCUT2D eigenvalue weighted by molar-refractivity contribution is -0.115. The van der Waals surface area contributed by atoms with Crippen molar-refractivity contribution in [1.29, 1.82) is 5.26 Å². The molecule has 2 aromatic carbocycles. The van der Waals surface area contributed by atoms with Crippen LogP contribution in [0.3, 0.4) is 0 Å². The van der Waals surface area contributed by atoms with Crippen LogP contribution < -0.4 is 5.32 Å². The molecule has 26 heavy (non-hydrogen) atoms. The maximum atomic E-state index is 12.3. The van der Waals surface area contributed by atoms with Crippen LogP contribution in [0, 0.1) is 11.3 Å². The van der Waals surface area contributed by atoms with Crippen LogP contribution in [0.25, 0.3) is 11.0 Å². The number of hydrogen-bond acceptors (Lipinski definition) is 5. The zero-order valence-corrected chi connectivity index (χ0v) is 15.1. The molecule has 0 saturated carbocycles. The highest BCUT2D eigenvalue weighted by molar-refractivity contribution is 7.91. The van der Waals surface area contributed by atoms with Gasteiger partial charge in [-0.25, -0.2) is 13.4 Å². The van der Waals surface area contributed by atoms with E-state index in [2.05, 4.69) is 15.3 Å². The molecule has 0 atom stereocenters. The van der Waals surface area contributed by atoms with E-state index in [1.54, 1.807) is 24.3 Å². The first-order valence-electron chi connectivity index (χ1n) is 7.45. The summed E-state index contributed by atoms with van der Waals surface area (Å²) in [5.41, 5.74) is 1.44. The number of carbonyl (C=O) groups is 1. The lowest BCUT2D eigenvalue weighted by Gasteiger charge is -2.09. The zero-order chi connectivity index (χ0) is 18.9. The summed E-state index contributed by atoms with van der Waals surface area (Å²) in [6.45, 7) is 0. The normalized spacial score (nSPS) is 11.3. The number of nitrogens with zero attached hydrogens (tertiary/aromatic N) is 2. The molecule has 132 valence electrons. The van der Waals surface area contributed by atoms with Crippen molar-refractivity contribution >= 4 is 44.1 Å². The monoisotopic (exact) mass is 388 g/mol. The Hall–Kier alpha value is -2.89. The second kappa shape index (κ2) is 6.78. The molecular weight excluding hydrogens is 376 g/mol. The van der Waals surface area contributed by atoms with Crippen molar-refractivity contribution in [3.63, 3.8) is 0 Å². The Labute approximate surface area is 154 Å². The molecule has 9 heteroatoms. The number of aromatic amines is 1. The van der Waals surface area contributed by atoms with Crippen molar-refractivity contribution in [3.8, 4) is 6.07 Å². The Kier molecular flexibility index (Phi) is 4.68. The number of anilines is 1. The number of H-pyrrole nitrogens is 1. The van der Waals surface area contributed by atoms with E-state index in [0.717, 1.165) is 6.26 Å². The van der Waals surface area contributed by atoms with Gasteiger partial charge in [-0.1, -0.05) is 29.8 Å². The predicted octanol–water partition coefficient (Wildman–Crippen LogP) is 2.67. The van der Waals surface area contributed by atoms with Crippen molar-refractivity contribution in [2.75, 3.05) is 11.6 Å². The number of halogens is 1. The first kappa shape index (κ1) is 17.9. The maximum absolute atomic E-state index is 12.3. The lowest BCUT2D eigenvalue weighted by Crippen LogP contribution is -2.15. The van der Waals surface area contributed by atoms with Crippen LogP contribution in [0.1, 0.15) is 11.4 Å². The first-order chi connectivity index (χ1) is 12.3. The third-order valence-corrected chi connectivity index (χ3v) is 5.13. The Morgan fingerprint density at radius 1 is 1.35 bits per heavy atom. The van der Waals surface area contributed by atoms with E-state index in [1.165, 1.54) is 12.1 Å². The second-order valence-electron chi connectivity index (χ2n) is 5.66. The summed E-state index contributed by atoms with van der Waals surface area (Å²) in [6.07, 6.45) is 1.08. The van der Waals surface area contributed by atoms with E-state index in [4.69, 9.17) is 16.9 Å². The number of sulfone groups is 1. The molecule has 0 aliphatic carbocycles. The molecule has 0 radical (unpaired) electrons. The summed E-state index contributed by atoms with van der Waals surface area (Å²) < 4.78 is 24.1. The van der Waals surface area contributed by atoms with Gasteiger partial charge in [0.15, 0.2) is 9.84 Å². The molecule has 2 N–H and O–H groups in total. The number of hydrogen-bond donors (Lipinski definition) is 2. The molecule has 3 aromatic rings. The molecule has 0 aliphatic heterocycles. The molecule has 0 spiro atoms. The minimum atomic E-state index is -3.61. The minimum Gasteiger partial charge on any atom is -0.329 e. The number of imidazole rings is 1. The number of nitrogens with one attached hydrogen (secondary N) is 2. The van der Waals surface area contributed by atoms with Crippen molar-refractivity contribution in [1.82, 2.24) is 9.97 Å². The summed E-state index contributed by atoms with van der Waals surface area (Å²) in [5.74, 6) is -0.360. The molecule has 0 unspecified atom stereocenters. The van der Waals surface area contributed by atoms with Crippen LogP contribution >= 0.6 is 11.6 Å². The smallest absolute Gasteiger partial charge is 0.228 e. The topological polar surface area (TPSA) is 116 Å². The summed E-state index contributed by atoms with van der Waals surface area (Å²) >= 11 is 6.05. The average Bonchev–Trinajstić information content (AvgIpc) is 2.98. The van der Waals surface area contributed by atoms with Gasteiger partial charge in [0.1, 0.15) is 11.6 Å². The number of nitriles is 1. The molecule has 7 nitrogen and oxygen atoms in total. The fourth-order valence-electron chi connectivity index (χ4n) is 2.51. The molecule has 1 heterocycles. The third-order valence-electron chi connectivity index (χ3n) is 3.65. The highest BCUT2D eigenvalue weighted by Crippen LogP contribution is 2.26. The molecule has 0 aliphatic rings. The van der Waals surface area contributed by atoms with Crippen LogP contribution in [-0.2, 0) is 21.1 Å². The maximum Gasteiger partial charge on any atom is 0.228 e. The predicted molar refractivity (Wildman–Crippen MR) is 97.7 cm³/mol. The van der Waals surface area contributed by atoms with E-state index in [1.807, 2.05) is 6.07 Å². The van der Waals surface area contributed by atoms with Gasteiger partial charge < -0.3 is 10.3 Å². The largest absolute Gasteiger partial charge is 0.329 e. The van der Waals surface area contributed by atoms with Gasteiger partial charge in [-0.05, 0) is 23.8 Å². The van der Waals surface area contributed by atoms with Crippen LogP contribution in [-0.4, -0.2) is 30.5 Å². The highest BCUT2D eigenvalue weighted by Gasteiger charge is 2.18. The average molecular weight is 389 g/mol. The van der Waals surface area contributed by atoms with E-state index in [-0.39, 0.29) is 34.3 Å². The van der Waals surface area contributed by atoms with Gasteiger partial charge in [-0.15, -0.1) is 0 Å². The van der Waals surface area contributed by atoms with Crippen molar-refractivity contribution in [3.05, 3.63) is 52.8 Å². The fraction of sp³-hybridized carbons (Fsp3) is 0.118. The van der Waals surface area contributed by atoms with Gasteiger partial charge in [0, 0.05) is 17.0 Å². The number of amides is 1. The lowest BCUT2D eigenvalue weighted by atomic mass is 10.1. The Balaban J connectivity index is 1.96. The number of fused-ring (bicyclic) bond motifs is 1. The van der Waals surface area contributed by atoms with Gasteiger partial charge in [-0.3, -0.25) is 4.79 Å². The number of rotatable bonds is 4. The molecule has 0 saturated heterocycles. The SMILES string of the molecule is CS(=O)(=O)c1cc(NC(=O)Cc2ccccc2Cl)cc2[nH]c(C#N)nc12. The van der Waals surface area contributed by atoms with Gasteiger partial charge in [0.25, 0.3) is 0 Å². The number of aromatic nitrogens is 2. The standard InChI is InChI=1S/C17H13ClN4O3S/c1-26(24,25)14-8-11(7-13-17(14)22-15(9-19)21-13)20-16(23)6-10-4-2-3-5-12(10)18/h2-5,7-8H,6H2,1H3,(H,20,23)(H,21,22). The molecule has 0 fully saturated rings. The van der Waals surface area contributed by atoms with E-state index >= 15 is 0 Å². The Morgan fingerprint density at radius 3 is 2.73 bits per heavy atom. The van der Waals surface area contributed by atoms with Crippen molar-refractivity contribution in [2.45, 2.75) is 11.3 Å². The van der Waals surface area contributed by atoms with Gasteiger partial charge >= 0.3 is 0 Å². The summed E-state index contributed by atoms with van der Waals surface area (Å²) in [7, 11) is -3.61. The van der Waals surface area contributed by atoms with Crippen LogP contribution in [0.15, 0.2) is 41.3 Å². The quantitative estimate of drug-likeness (QED) is 0.712.